The lowest BCUT2D eigenvalue weighted by Crippen LogP contribution is -2.23. The summed E-state index contributed by atoms with van der Waals surface area (Å²) in [6, 6.07) is 17.9. The van der Waals surface area contributed by atoms with Crippen LogP contribution in [-0.2, 0) is 4.79 Å². The second-order valence-electron chi connectivity index (χ2n) is 6.54. The Morgan fingerprint density at radius 1 is 1.11 bits per heavy atom. The van der Waals surface area contributed by atoms with Crippen LogP contribution in [0.3, 0.4) is 0 Å². The van der Waals surface area contributed by atoms with Crippen molar-refractivity contribution in [3.8, 4) is 11.5 Å². The summed E-state index contributed by atoms with van der Waals surface area (Å²) < 4.78 is 11.0. The number of hydrogen-bond acceptors (Lipinski definition) is 4. The van der Waals surface area contributed by atoms with E-state index in [1.54, 1.807) is 7.11 Å². The summed E-state index contributed by atoms with van der Waals surface area (Å²) in [5.74, 6) is 1.12. The third kappa shape index (κ3) is 3.22. The smallest absolute Gasteiger partial charge is 0.225 e. The second-order valence-corrected chi connectivity index (χ2v) is 6.54. The van der Waals surface area contributed by atoms with Gasteiger partial charge in [0.25, 0.3) is 0 Å². The first kappa shape index (κ1) is 17.4. The minimum Gasteiger partial charge on any atom is -0.493 e. The fraction of sp³-hybridized carbons (Fsp3) is 0.227. The Morgan fingerprint density at radius 2 is 1.96 bits per heavy atom. The zero-order valence-corrected chi connectivity index (χ0v) is 15.1. The van der Waals surface area contributed by atoms with Crippen LogP contribution in [0, 0.1) is 0 Å². The summed E-state index contributed by atoms with van der Waals surface area (Å²) in [6.45, 7) is 0.143. The molecule has 1 heterocycles. The number of aliphatic hydroxyl groups excluding tert-OH is 1. The molecular weight excluding hydrogens is 342 g/mol. The Bertz CT molecular complexity index is 999. The van der Waals surface area contributed by atoms with Crippen LogP contribution in [0.1, 0.15) is 23.5 Å². The molecule has 0 bridgehead atoms. The first-order valence-electron chi connectivity index (χ1n) is 8.94. The molecule has 5 heteroatoms. The van der Waals surface area contributed by atoms with E-state index in [0.717, 1.165) is 27.6 Å². The molecule has 0 aliphatic carbocycles. The van der Waals surface area contributed by atoms with Gasteiger partial charge in [-0.25, -0.2) is 0 Å². The molecule has 3 aromatic rings. The fourth-order valence-electron chi connectivity index (χ4n) is 3.68. The van der Waals surface area contributed by atoms with Crippen molar-refractivity contribution in [2.75, 3.05) is 25.6 Å². The molecule has 0 spiro atoms. The molecular formula is C22H21NO4. The highest BCUT2D eigenvalue weighted by Gasteiger charge is 2.28. The van der Waals surface area contributed by atoms with Crippen LogP contribution in [0.5, 0.6) is 11.5 Å². The lowest BCUT2D eigenvalue weighted by Gasteiger charge is -2.27. The van der Waals surface area contributed by atoms with Crippen LogP contribution in [-0.4, -0.2) is 31.3 Å². The molecule has 5 nitrogen and oxygen atoms in total. The lowest BCUT2D eigenvalue weighted by atomic mass is 9.83. The van der Waals surface area contributed by atoms with Gasteiger partial charge in [-0.3, -0.25) is 4.79 Å². The summed E-state index contributed by atoms with van der Waals surface area (Å²) in [7, 11) is 1.58. The van der Waals surface area contributed by atoms with Crippen molar-refractivity contribution in [2.24, 2.45) is 0 Å². The van der Waals surface area contributed by atoms with E-state index in [-0.39, 0.29) is 25.0 Å². The van der Waals surface area contributed by atoms with Gasteiger partial charge >= 0.3 is 0 Å². The summed E-state index contributed by atoms with van der Waals surface area (Å²) in [4.78, 5) is 12.4. The number of aliphatic hydroxyl groups is 1. The zero-order chi connectivity index (χ0) is 18.8. The van der Waals surface area contributed by atoms with E-state index in [4.69, 9.17) is 14.6 Å². The number of anilines is 1. The highest BCUT2D eigenvalue weighted by molar-refractivity contribution is 6.06. The molecule has 4 rings (SSSR count). The summed E-state index contributed by atoms with van der Waals surface area (Å²) in [6.07, 6.45) is 0.380. The Kier molecular flexibility index (Phi) is 4.69. The minimum atomic E-state index is -0.0614. The Labute approximate surface area is 157 Å². The predicted molar refractivity (Wildman–Crippen MR) is 105 cm³/mol. The third-order valence-electron chi connectivity index (χ3n) is 4.93. The zero-order valence-electron chi connectivity index (χ0n) is 15.1. The summed E-state index contributed by atoms with van der Waals surface area (Å²) >= 11 is 0. The van der Waals surface area contributed by atoms with Gasteiger partial charge in [0.15, 0.2) is 11.5 Å². The minimum absolute atomic E-state index is 0.00317. The van der Waals surface area contributed by atoms with Crippen LogP contribution in [0.15, 0.2) is 54.6 Å². The van der Waals surface area contributed by atoms with Crippen LogP contribution in [0.25, 0.3) is 10.8 Å². The van der Waals surface area contributed by atoms with Gasteiger partial charge in [-0.2, -0.15) is 0 Å². The van der Waals surface area contributed by atoms with E-state index in [2.05, 4.69) is 17.4 Å². The van der Waals surface area contributed by atoms with Crippen molar-refractivity contribution < 1.29 is 19.4 Å². The van der Waals surface area contributed by atoms with E-state index in [1.165, 1.54) is 0 Å². The number of carbonyl (C=O) groups is 1. The number of rotatable bonds is 5. The van der Waals surface area contributed by atoms with Crippen molar-refractivity contribution in [1.29, 1.82) is 0 Å². The molecule has 1 aliphatic rings. The van der Waals surface area contributed by atoms with Crippen LogP contribution in [0.2, 0.25) is 0 Å². The maximum atomic E-state index is 12.4. The molecule has 1 unspecified atom stereocenters. The monoisotopic (exact) mass is 363 g/mol. The summed E-state index contributed by atoms with van der Waals surface area (Å²) in [5, 5.41) is 14.2. The number of hydrogen-bond donors (Lipinski definition) is 2. The largest absolute Gasteiger partial charge is 0.493 e. The number of fused-ring (bicyclic) bond motifs is 3. The van der Waals surface area contributed by atoms with Gasteiger partial charge in [0.05, 0.1) is 19.4 Å². The van der Waals surface area contributed by atoms with Crippen LogP contribution < -0.4 is 14.8 Å². The molecule has 1 aliphatic heterocycles. The molecule has 0 radical (unpaired) electrons. The van der Waals surface area contributed by atoms with Gasteiger partial charge in [-0.1, -0.05) is 42.5 Å². The van der Waals surface area contributed by atoms with Crippen molar-refractivity contribution in [3.63, 3.8) is 0 Å². The average Bonchev–Trinajstić information content (AvgIpc) is 2.71. The van der Waals surface area contributed by atoms with Crippen molar-refractivity contribution in [2.45, 2.75) is 12.3 Å². The molecule has 0 aromatic heterocycles. The molecule has 0 saturated heterocycles. The topological polar surface area (TPSA) is 67.8 Å². The Hall–Kier alpha value is -3.05. The molecule has 27 heavy (non-hydrogen) atoms. The van der Waals surface area contributed by atoms with Crippen LogP contribution >= 0.6 is 0 Å². The van der Waals surface area contributed by atoms with Gasteiger partial charge < -0.3 is 19.9 Å². The number of nitrogens with one attached hydrogen (secondary N) is 1. The fourth-order valence-corrected chi connectivity index (χ4v) is 3.68. The van der Waals surface area contributed by atoms with Gasteiger partial charge in [-0.15, -0.1) is 0 Å². The number of amides is 1. The van der Waals surface area contributed by atoms with E-state index in [1.807, 2.05) is 42.5 Å². The standard InChI is InChI=1S/C22H21NO4/c1-26-20-12-15(7-9-19(20)27-11-10-24)18-13-21(25)23-22-16-5-3-2-4-14(16)6-8-17(18)22/h2-9,12,18,24H,10-11,13H2,1H3,(H,23,25). The SMILES string of the molecule is COc1cc(C2CC(=O)Nc3c2ccc2ccccc32)ccc1OCCO. The number of ether oxygens (including phenoxy) is 2. The molecule has 1 atom stereocenters. The van der Waals surface area contributed by atoms with Crippen molar-refractivity contribution in [3.05, 3.63) is 65.7 Å². The number of benzene rings is 3. The lowest BCUT2D eigenvalue weighted by molar-refractivity contribution is -0.116. The summed E-state index contributed by atoms with van der Waals surface area (Å²) in [5.41, 5.74) is 2.97. The van der Waals surface area contributed by atoms with E-state index < -0.39 is 0 Å². The van der Waals surface area contributed by atoms with E-state index in [0.29, 0.717) is 17.9 Å². The van der Waals surface area contributed by atoms with Gasteiger partial charge in [-0.05, 0) is 28.6 Å². The molecule has 138 valence electrons. The maximum Gasteiger partial charge on any atom is 0.225 e. The number of methoxy groups -OCH3 is 1. The Morgan fingerprint density at radius 3 is 2.78 bits per heavy atom. The van der Waals surface area contributed by atoms with Crippen LogP contribution in [0.4, 0.5) is 5.69 Å². The quantitative estimate of drug-likeness (QED) is 0.725. The van der Waals surface area contributed by atoms with Crippen molar-refractivity contribution in [1.82, 2.24) is 0 Å². The molecule has 0 fully saturated rings. The highest BCUT2D eigenvalue weighted by atomic mass is 16.5. The predicted octanol–water partition coefficient (Wildman–Crippen LogP) is 3.69. The highest BCUT2D eigenvalue weighted by Crippen LogP contribution is 2.42. The third-order valence-corrected chi connectivity index (χ3v) is 4.93. The van der Waals surface area contributed by atoms with Gasteiger partial charge in [0, 0.05) is 17.7 Å². The van der Waals surface area contributed by atoms with Crippen molar-refractivity contribution >= 4 is 22.4 Å². The molecule has 2 N–H and O–H groups in total. The molecule has 0 saturated carbocycles. The molecule has 1 amide bonds. The first-order valence-corrected chi connectivity index (χ1v) is 8.94. The van der Waals surface area contributed by atoms with E-state index >= 15 is 0 Å². The normalized spacial score (nSPS) is 15.9. The average molecular weight is 363 g/mol. The Balaban J connectivity index is 1.79. The maximum absolute atomic E-state index is 12.4. The molecule has 3 aromatic carbocycles. The van der Waals surface area contributed by atoms with Gasteiger partial charge in [0.2, 0.25) is 5.91 Å². The first-order chi connectivity index (χ1) is 13.2. The van der Waals surface area contributed by atoms with Gasteiger partial charge in [0.1, 0.15) is 6.61 Å². The van der Waals surface area contributed by atoms with E-state index in [9.17, 15) is 4.79 Å². The number of carbonyl (C=O) groups excluding carboxylic acids is 1. The second kappa shape index (κ2) is 7.29.